The van der Waals surface area contributed by atoms with Crippen molar-refractivity contribution in [3.63, 3.8) is 0 Å². The molecule has 0 amide bonds. The number of fused-ring (bicyclic) bond motifs is 1. The second-order valence-electron chi connectivity index (χ2n) is 5.07. The molecule has 0 bridgehead atoms. The number of carbonyl (C=O) groups excluding carboxylic acids is 2. The Hall–Kier alpha value is -2.65. The molecule has 3 aromatic rings. The van der Waals surface area contributed by atoms with Crippen LogP contribution in [0.3, 0.4) is 0 Å². The van der Waals surface area contributed by atoms with E-state index in [1.54, 1.807) is 42.5 Å². The zero-order chi connectivity index (χ0) is 16.2. The summed E-state index contributed by atoms with van der Waals surface area (Å²) in [5.74, 6) is -0.752. The molecule has 0 N–H and O–H groups in total. The SMILES string of the molecule is O=C(COC(=O)c1ccccc1)c1ccc2cc(Cl)ccc2c1. The molecule has 0 atom stereocenters. The molecule has 3 nitrogen and oxygen atoms in total. The summed E-state index contributed by atoms with van der Waals surface area (Å²) in [6.45, 7) is -0.285. The van der Waals surface area contributed by atoms with Gasteiger partial charge in [-0.05, 0) is 41.1 Å². The van der Waals surface area contributed by atoms with E-state index in [-0.39, 0.29) is 12.4 Å². The van der Waals surface area contributed by atoms with Gasteiger partial charge in [0.05, 0.1) is 5.56 Å². The van der Waals surface area contributed by atoms with E-state index in [9.17, 15) is 9.59 Å². The number of benzene rings is 3. The number of hydrogen-bond donors (Lipinski definition) is 0. The Kier molecular flexibility index (Phi) is 4.40. The lowest BCUT2D eigenvalue weighted by Gasteiger charge is -2.06. The molecule has 3 rings (SSSR count). The van der Waals surface area contributed by atoms with E-state index in [1.807, 2.05) is 24.3 Å². The number of ether oxygens (including phenoxy) is 1. The van der Waals surface area contributed by atoms with Crippen LogP contribution in [-0.4, -0.2) is 18.4 Å². The lowest BCUT2D eigenvalue weighted by atomic mass is 10.0. The summed E-state index contributed by atoms with van der Waals surface area (Å²) in [6.07, 6.45) is 0. The number of rotatable bonds is 4. The van der Waals surface area contributed by atoms with Gasteiger partial charge in [0.15, 0.2) is 12.4 Å². The fraction of sp³-hybridized carbons (Fsp3) is 0.0526. The summed E-state index contributed by atoms with van der Waals surface area (Å²) in [5, 5.41) is 2.51. The van der Waals surface area contributed by atoms with Crippen LogP contribution in [0.25, 0.3) is 10.8 Å². The van der Waals surface area contributed by atoms with Gasteiger partial charge in [-0.15, -0.1) is 0 Å². The Morgan fingerprint density at radius 1 is 0.826 bits per heavy atom. The van der Waals surface area contributed by atoms with Gasteiger partial charge in [0.25, 0.3) is 0 Å². The lowest BCUT2D eigenvalue weighted by molar-refractivity contribution is 0.0475. The number of esters is 1. The topological polar surface area (TPSA) is 43.4 Å². The predicted molar refractivity (Wildman–Crippen MR) is 90.0 cm³/mol. The van der Waals surface area contributed by atoms with Crippen molar-refractivity contribution >= 4 is 34.1 Å². The highest BCUT2D eigenvalue weighted by Gasteiger charge is 2.12. The molecule has 0 spiro atoms. The minimum absolute atomic E-state index is 0.244. The number of Topliss-reactive ketones (excluding diaryl/α,β-unsaturated/α-hetero) is 1. The van der Waals surface area contributed by atoms with Crippen molar-refractivity contribution in [2.75, 3.05) is 6.61 Å². The van der Waals surface area contributed by atoms with E-state index in [1.165, 1.54) is 0 Å². The van der Waals surface area contributed by atoms with Crippen LogP contribution in [0, 0.1) is 0 Å². The van der Waals surface area contributed by atoms with E-state index < -0.39 is 5.97 Å². The van der Waals surface area contributed by atoms with Crippen LogP contribution >= 0.6 is 11.6 Å². The maximum Gasteiger partial charge on any atom is 0.338 e. The summed E-state index contributed by atoms with van der Waals surface area (Å²) in [7, 11) is 0. The zero-order valence-electron chi connectivity index (χ0n) is 12.2. The van der Waals surface area contributed by atoms with Gasteiger partial charge in [-0.1, -0.05) is 48.0 Å². The van der Waals surface area contributed by atoms with Gasteiger partial charge in [0.2, 0.25) is 0 Å². The van der Waals surface area contributed by atoms with Gasteiger partial charge in [-0.3, -0.25) is 4.79 Å². The van der Waals surface area contributed by atoms with Crippen LogP contribution < -0.4 is 0 Å². The molecule has 0 radical (unpaired) electrons. The van der Waals surface area contributed by atoms with Crippen molar-refractivity contribution in [3.8, 4) is 0 Å². The first kappa shape index (κ1) is 15.3. The highest BCUT2D eigenvalue weighted by molar-refractivity contribution is 6.31. The molecular formula is C19H13ClO3. The number of halogens is 1. The zero-order valence-corrected chi connectivity index (χ0v) is 12.9. The van der Waals surface area contributed by atoms with Crippen molar-refractivity contribution in [1.29, 1.82) is 0 Å². The second-order valence-corrected chi connectivity index (χ2v) is 5.51. The monoisotopic (exact) mass is 324 g/mol. The smallest absolute Gasteiger partial charge is 0.338 e. The summed E-state index contributed by atoms with van der Waals surface area (Å²) in [6, 6.07) is 19.3. The minimum atomic E-state index is -0.508. The minimum Gasteiger partial charge on any atom is -0.454 e. The average Bonchev–Trinajstić information content (AvgIpc) is 2.59. The van der Waals surface area contributed by atoms with Gasteiger partial charge in [-0.2, -0.15) is 0 Å². The highest BCUT2D eigenvalue weighted by atomic mass is 35.5. The first-order valence-electron chi connectivity index (χ1n) is 7.08. The van der Waals surface area contributed by atoms with Crippen molar-refractivity contribution in [2.45, 2.75) is 0 Å². The van der Waals surface area contributed by atoms with Gasteiger partial charge in [0, 0.05) is 10.6 Å². The molecule has 114 valence electrons. The quantitative estimate of drug-likeness (QED) is 0.523. The van der Waals surface area contributed by atoms with Crippen molar-refractivity contribution in [3.05, 3.63) is 82.9 Å². The van der Waals surface area contributed by atoms with Crippen molar-refractivity contribution in [2.24, 2.45) is 0 Å². The Labute approximate surface area is 138 Å². The third-order valence-corrected chi connectivity index (χ3v) is 3.70. The average molecular weight is 325 g/mol. The van der Waals surface area contributed by atoms with Gasteiger partial charge in [-0.25, -0.2) is 4.79 Å². The van der Waals surface area contributed by atoms with Crippen molar-refractivity contribution in [1.82, 2.24) is 0 Å². The molecule has 0 aliphatic heterocycles. The molecule has 0 fully saturated rings. The molecule has 0 aliphatic rings. The first-order chi connectivity index (χ1) is 11.1. The fourth-order valence-electron chi connectivity index (χ4n) is 2.26. The molecule has 0 aliphatic carbocycles. The van der Waals surface area contributed by atoms with Crippen molar-refractivity contribution < 1.29 is 14.3 Å². The summed E-state index contributed by atoms with van der Waals surface area (Å²) in [4.78, 5) is 24.0. The third-order valence-electron chi connectivity index (χ3n) is 3.47. The largest absolute Gasteiger partial charge is 0.454 e. The van der Waals surface area contributed by atoms with Gasteiger partial charge in [0.1, 0.15) is 0 Å². The van der Waals surface area contributed by atoms with Gasteiger partial charge >= 0.3 is 5.97 Å². The predicted octanol–water partition coefficient (Wildman–Crippen LogP) is 4.53. The Balaban J connectivity index is 1.71. The van der Waals surface area contributed by atoms with E-state index >= 15 is 0 Å². The molecule has 3 aromatic carbocycles. The number of ketones is 1. The summed E-state index contributed by atoms with van der Waals surface area (Å²) < 4.78 is 5.07. The fourth-order valence-corrected chi connectivity index (χ4v) is 2.44. The molecule has 0 aromatic heterocycles. The van der Waals surface area contributed by atoms with Crippen LogP contribution in [0.1, 0.15) is 20.7 Å². The normalized spacial score (nSPS) is 10.5. The summed E-state index contributed by atoms with van der Waals surface area (Å²) in [5.41, 5.74) is 0.925. The Bertz CT molecular complexity index is 872. The van der Waals surface area contributed by atoms with E-state index in [0.29, 0.717) is 16.1 Å². The molecular weight excluding hydrogens is 312 g/mol. The van der Waals surface area contributed by atoms with Crippen LogP contribution in [0.15, 0.2) is 66.7 Å². The maximum absolute atomic E-state index is 12.2. The van der Waals surface area contributed by atoms with E-state index in [2.05, 4.69) is 0 Å². The molecule has 0 saturated heterocycles. The second kappa shape index (κ2) is 6.63. The van der Waals surface area contributed by atoms with E-state index in [0.717, 1.165) is 10.8 Å². The number of carbonyl (C=O) groups is 2. The Morgan fingerprint density at radius 3 is 2.30 bits per heavy atom. The van der Waals surface area contributed by atoms with Crippen LogP contribution in [-0.2, 0) is 4.74 Å². The number of hydrogen-bond acceptors (Lipinski definition) is 3. The standard InChI is InChI=1S/C19H13ClO3/c20-17-9-8-14-10-16(7-6-15(14)11-17)18(21)12-23-19(22)13-4-2-1-3-5-13/h1-11H,12H2. The Morgan fingerprint density at radius 2 is 1.52 bits per heavy atom. The molecule has 23 heavy (non-hydrogen) atoms. The first-order valence-corrected chi connectivity index (χ1v) is 7.46. The molecule has 4 heteroatoms. The van der Waals surface area contributed by atoms with E-state index in [4.69, 9.17) is 16.3 Å². The highest BCUT2D eigenvalue weighted by Crippen LogP contribution is 2.21. The molecule has 0 heterocycles. The third kappa shape index (κ3) is 3.58. The van der Waals surface area contributed by atoms with Crippen LogP contribution in [0.4, 0.5) is 0 Å². The summed E-state index contributed by atoms with van der Waals surface area (Å²) >= 11 is 5.94. The maximum atomic E-state index is 12.2. The lowest BCUT2D eigenvalue weighted by Crippen LogP contribution is -2.14. The molecule has 0 unspecified atom stereocenters. The van der Waals surface area contributed by atoms with Gasteiger partial charge < -0.3 is 4.74 Å². The van der Waals surface area contributed by atoms with Crippen LogP contribution in [0.5, 0.6) is 0 Å². The van der Waals surface area contributed by atoms with Crippen LogP contribution in [0.2, 0.25) is 5.02 Å². The molecule has 0 saturated carbocycles.